The third kappa shape index (κ3) is 3.41. The second kappa shape index (κ2) is 8.07. The SMILES string of the molecule is Cc1ccc2c(-c3ccc(-c4ccccc4)cc3)c3ccccc3c(-c3ccccc3)c2c1. The third-order valence-electron chi connectivity index (χ3n) is 6.52. The van der Waals surface area contributed by atoms with E-state index in [9.17, 15) is 0 Å². The molecule has 0 saturated carbocycles. The van der Waals surface area contributed by atoms with Gasteiger partial charge in [0, 0.05) is 0 Å². The van der Waals surface area contributed by atoms with Crippen LogP contribution < -0.4 is 0 Å². The van der Waals surface area contributed by atoms with Gasteiger partial charge in [0.15, 0.2) is 0 Å². The highest BCUT2D eigenvalue weighted by Gasteiger charge is 2.16. The fourth-order valence-electron chi connectivity index (χ4n) is 4.98. The number of hydrogen-bond acceptors (Lipinski definition) is 0. The van der Waals surface area contributed by atoms with E-state index in [1.807, 2.05) is 0 Å². The molecular weight excluding hydrogens is 396 g/mol. The number of aryl methyl sites for hydroxylation is 1. The van der Waals surface area contributed by atoms with Gasteiger partial charge in [-0.25, -0.2) is 0 Å². The van der Waals surface area contributed by atoms with E-state index in [1.54, 1.807) is 0 Å². The van der Waals surface area contributed by atoms with E-state index in [1.165, 1.54) is 60.5 Å². The van der Waals surface area contributed by atoms with Crippen LogP contribution in [0.4, 0.5) is 0 Å². The summed E-state index contributed by atoms with van der Waals surface area (Å²) in [7, 11) is 0. The van der Waals surface area contributed by atoms with Crippen LogP contribution in [0.3, 0.4) is 0 Å². The van der Waals surface area contributed by atoms with Gasteiger partial charge in [0.2, 0.25) is 0 Å². The second-order valence-electron chi connectivity index (χ2n) is 8.65. The first-order valence-corrected chi connectivity index (χ1v) is 11.5. The van der Waals surface area contributed by atoms with Crippen LogP contribution in [-0.2, 0) is 0 Å². The number of benzene rings is 6. The molecule has 0 atom stereocenters. The summed E-state index contributed by atoms with van der Waals surface area (Å²) in [6, 6.07) is 46.1. The number of hydrogen-bond donors (Lipinski definition) is 0. The molecule has 0 spiro atoms. The zero-order valence-corrected chi connectivity index (χ0v) is 18.6. The van der Waals surface area contributed by atoms with Crippen molar-refractivity contribution in [1.82, 2.24) is 0 Å². The van der Waals surface area contributed by atoms with E-state index in [4.69, 9.17) is 0 Å². The molecule has 0 saturated heterocycles. The lowest BCUT2D eigenvalue weighted by Gasteiger charge is -2.18. The van der Waals surface area contributed by atoms with Crippen molar-refractivity contribution < 1.29 is 0 Å². The van der Waals surface area contributed by atoms with Gasteiger partial charge >= 0.3 is 0 Å². The molecule has 0 aliphatic rings. The van der Waals surface area contributed by atoms with Crippen molar-refractivity contribution in [2.75, 3.05) is 0 Å². The van der Waals surface area contributed by atoms with Crippen molar-refractivity contribution in [2.45, 2.75) is 6.92 Å². The first kappa shape index (κ1) is 19.5. The molecule has 0 aliphatic heterocycles. The number of fused-ring (bicyclic) bond motifs is 2. The van der Waals surface area contributed by atoms with Gasteiger partial charge in [-0.1, -0.05) is 133 Å². The van der Waals surface area contributed by atoms with Gasteiger partial charge in [-0.2, -0.15) is 0 Å². The summed E-state index contributed by atoms with van der Waals surface area (Å²) in [5.41, 5.74) is 8.89. The van der Waals surface area contributed by atoms with Gasteiger partial charge in [-0.3, -0.25) is 0 Å². The molecule has 6 rings (SSSR count). The normalized spacial score (nSPS) is 11.2. The summed E-state index contributed by atoms with van der Waals surface area (Å²) in [6.07, 6.45) is 0. The molecule has 6 aromatic carbocycles. The van der Waals surface area contributed by atoms with Gasteiger partial charge in [0.05, 0.1) is 0 Å². The van der Waals surface area contributed by atoms with Gasteiger partial charge < -0.3 is 0 Å². The van der Waals surface area contributed by atoms with Crippen LogP contribution in [0, 0.1) is 6.92 Å². The van der Waals surface area contributed by atoms with Gasteiger partial charge in [0.1, 0.15) is 0 Å². The van der Waals surface area contributed by atoms with Crippen LogP contribution in [0.1, 0.15) is 5.56 Å². The monoisotopic (exact) mass is 420 g/mol. The number of rotatable bonds is 3. The van der Waals surface area contributed by atoms with Crippen LogP contribution in [0.5, 0.6) is 0 Å². The maximum Gasteiger partial charge on any atom is -0.00263 e. The van der Waals surface area contributed by atoms with Gasteiger partial charge in [-0.05, 0) is 61.8 Å². The molecule has 6 aromatic rings. The molecule has 0 aliphatic carbocycles. The highest BCUT2D eigenvalue weighted by Crippen LogP contribution is 2.44. The maximum absolute atomic E-state index is 2.34. The summed E-state index contributed by atoms with van der Waals surface area (Å²) in [5, 5.41) is 5.19. The molecule has 0 radical (unpaired) electrons. The van der Waals surface area contributed by atoms with Crippen molar-refractivity contribution in [3.05, 3.63) is 133 Å². The summed E-state index contributed by atoms with van der Waals surface area (Å²) in [6.45, 7) is 2.18. The summed E-state index contributed by atoms with van der Waals surface area (Å²) in [4.78, 5) is 0. The molecule has 0 amide bonds. The van der Waals surface area contributed by atoms with Crippen molar-refractivity contribution in [3.8, 4) is 33.4 Å². The van der Waals surface area contributed by atoms with Crippen LogP contribution in [0.15, 0.2) is 127 Å². The minimum absolute atomic E-state index is 1.24. The van der Waals surface area contributed by atoms with Gasteiger partial charge in [-0.15, -0.1) is 0 Å². The predicted octanol–water partition coefficient (Wildman–Crippen LogP) is 9.30. The third-order valence-corrected chi connectivity index (χ3v) is 6.52. The molecule has 0 N–H and O–H groups in total. The highest BCUT2D eigenvalue weighted by atomic mass is 14.2. The van der Waals surface area contributed by atoms with E-state index in [2.05, 4.69) is 134 Å². The van der Waals surface area contributed by atoms with Crippen LogP contribution in [0.25, 0.3) is 54.9 Å². The fourth-order valence-corrected chi connectivity index (χ4v) is 4.98. The van der Waals surface area contributed by atoms with E-state index in [0.29, 0.717) is 0 Å². The minimum Gasteiger partial charge on any atom is -0.0622 e. The Bertz CT molecular complexity index is 1580. The lowest BCUT2D eigenvalue weighted by Crippen LogP contribution is -1.91. The summed E-state index contributed by atoms with van der Waals surface area (Å²) in [5.74, 6) is 0. The molecule has 0 aromatic heterocycles. The molecule has 0 heterocycles. The van der Waals surface area contributed by atoms with E-state index < -0.39 is 0 Å². The maximum atomic E-state index is 2.34. The smallest absolute Gasteiger partial charge is 0.00263 e. The van der Waals surface area contributed by atoms with E-state index in [-0.39, 0.29) is 0 Å². The Labute approximate surface area is 194 Å². The first-order chi connectivity index (χ1) is 16.3. The molecule has 33 heavy (non-hydrogen) atoms. The lowest BCUT2D eigenvalue weighted by molar-refractivity contribution is 1.51. The first-order valence-electron chi connectivity index (χ1n) is 11.5. The standard InChI is InChI=1S/C33H24/c1-23-16-21-30-31(22-23)33(26-12-6-3-7-13-26)29-15-9-8-14-28(29)32(30)27-19-17-25(18-20-27)24-10-4-2-5-11-24/h2-22H,1H3. The van der Waals surface area contributed by atoms with Crippen LogP contribution in [0.2, 0.25) is 0 Å². The molecule has 0 fully saturated rings. The largest absolute Gasteiger partial charge is 0.0622 e. The predicted molar refractivity (Wildman–Crippen MR) is 142 cm³/mol. The summed E-state index contributed by atoms with van der Waals surface area (Å²) < 4.78 is 0. The second-order valence-corrected chi connectivity index (χ2v) is 8.65. The zero-order chi connectivity index (χ0) is 22.2. The molecule has 0 heteroatoms. The summed E-state index contributed by atoms with van der Waals surface area (Å²) >= 11 is 0. The fraction of sp³-hybridized carbons (Fsp3) is 0.0303. The quantitative estimate of drug-likeness (QED) is 0.250. The van der Waals surface area contributed by atoms with Gasteiger partial charge in [0.25, 0.3) is 0 Å². The molecule has 0 nitrogen and oxygen atoms in total. The average Bonchev–Trinajstić information content (AvgIpc) is 2.88. The Kier molecular flexibility index (Phi) is 4.78. The average molecular weight is 421 g/mol. The van der Waals surface area contributed by atoms with E-state index >= 15 is 0 Å². The van der Waals surface area contributed by atoms with Crippen molar-refractivity contribution in [3.63, 3.8) is 0 Å². The lowest BCUT2D eigenvalue weighted by atomic mass is 9.85. The molecule has 0 unspecified atom stereocenters. The Morgan fingerprint density at radius 2 is 0.758 bits per heavy atom. The van der Waals surface area contributed by atoms with Crippen LogP contribution >= 0.6 is 0 Å². The van der Waals surface area contributed by atoms with Crippen molar-refractivity contribution >= 4 is 21.5 Å². The molecular formula is C33H24. The van der Waals surface area contributed by atoms with Crippen LogP contribution in [-0.4, -0.2) is 0 Å². The Balaban J connectivity index is 1.66. The highest BCUT2D eigenvalue weighted by molar-refractivity contribution is 6.21. The van der Waals surface area contributed by atoms with E-state index in [0.717, 1.165) is 0 Å². The Morgan fingerprint density at radius 1 is 0.333 bits per heavy atom. The Hall–Kier alpha value is -4.16. The molecule has 0 bridgehead atoms. The van der Waals surface area contributed by atoms with Crippen molar-refractivity contribution in [2.24, 2.45) is 0 Å². The zero-order valence-electron chi connectivity index (χ0n) is 18.6. The minimum atomic E-state index is 1.24. The topological polar surface area (TPSA) is 0 Å². The molecule has 156 valence electrons. The Morgan fingerprint density at radius 3 is 1.39 bits per heavy atom. The van der Waals surface area contributed by atoms with Crippen molar-refractivity contribution in [1.29, 1.82) is 0 Å².